The third kappa shape index (κ3) is 3.82. The van der Waals surface area contributed by atoms with Gasteiger partial charge in [0.05, 0.1) is 18.6 Å². The van der Waals surface area contributed by atoms with Crippen LogP contribution in [-0.2, 0) is 14.3 Å². The molecule has 1 aliphatic heterocycles. The fourth-order valence-electron chi connectivity index (χ4n) is 1.56. The van der Waals surface area contributed by atoms with E-state index < -0.39 is 29.4 Å². The Balaban J connectivity index is 2.61. The predicted molar refractivity (Wildman–Crippen MR) is 65.3 cm³/mol. The Morgan fingerprint density at radius 3 is 2.63 bits per heavy atom. The number of aliphatic carboxylic acids is 1. The lowest BCUT2D eigenvalue weighted by atomic mass is 9.94. The number of ether oxygens (including phenoxy) is 1. The van der Waals surface area contributed by atoms with Gasteiger partial charge in [0, 0.05) is 13.1 Å². The number of hydrogen-bond donors (Lipinski definition) is 3. The molecule has 1 atom stereocenters. The van der Waals surface area contributed by atoms with Crippen LogP contribution in [0.4, 0.5) is 4.79 Å². The van der Waals surface area contributed by atoms with E-state index in [1.807, 2.05) is 0 Å². The van der Waals surface area contributed by atoms with E-state index in [1.54, 1.807) is 0 Å². The Kier molecular flexibility index (Phi) is 4.71. The number of morpholine rings is 1. The van der Waals surface area contributed by atoms with Gasteiger partial charge in [-0.05, 0) is 13.8 Å². The number of nitrogens with one attached hydrogen (secondary N) is 1. The Bertz CT molecular complexity index is 383. The second kappa shape index (κ2) is 5.87. The molecule has 108 valence electrons. The maximum absolute atomic E-state index is 11.9. The summed E-state index contributed by atoms with van der Waals surface area (Å²) < 4.78 is 5.09. The minimum atomic E-state index is -1.08. The number of carbonyl (C=O) groups is 3. The second-order valence-electron chi connectivity index (χ2n) is 5.03. The molecule has 1 fully saturated rings. The topological polar surface area (TPSA) is 122 Å². The van der Waals surface area contributed by atoms with Crippen LogP contribution in [0, 0.1) is 5.41 Å². The van der Waals surface area contributed by atoms with Gasteiger partial charge in [0.1, 0.15) is 6.04 Å². The van der Waals surface area contributed by atoms with E-state index in [1.165, 1.54) is 18.7 Å². The highest BCUT2D eigenvalue weighted by Gasteiger charge is 2.33. The van der Waals surface area contributed by atoms with Crippen molar-refractivity contribution in [3.63, 3.8) is 0 Å². The van der Waals surface area contributed by atoms with Gasteiger partial charge in [-0.2, -0.15) is 0 Å². The fraction of sp³-hybridized carbons (Fsp3) is 0.727. The molecule has 0 saturated carbocycles. The Labute approximate surface area is 110 Å². The summed E-state index contributed by atoms with van der Waals surface area (Å²) in [7, 11) is 0. The molecule has 0 aromatic heterocycles. The molecule has 0 aromatic carbocycles. The van der Waals surface area contributed by atoms with Crippen LogP contribution < -0.4 is 11.1 Å². The smallest absolute Gasteiger partial charge is 0.318 e. The molecular formula is C11H19N3O5. The molecule has 8 heteroatoms. The number of amides is 3. The standard InChI is InChI=1S/C11H19N3O5/c1-11(2,9(16)17)6-13-10(18)14-3-4-19-5-7(14)8(12)15/h7H,3-6H2,1-2H3,(H2,12,15)(H,13,18)(H,16,17). The predicted octanol–water partition coefficient (Wildman–Crippen LogP) is -1.01. The molecule has 3 amide bonds. The molecule has 19 heavy (non-hydrogen) atoms. The number of nitrogens with zero attached hydrogens (tertiary/aromatic N) is 1. The molecule has 0 radical (unpaired) electrons. The highest BCUT2D eigenvalue weighted by Crippen LogP contribution is 2.14. The van der Waals surface area contributed by atoms with E-state index >= 15 is 0 Å². The lowest BCUT2D eigenvalue weighted by Crippen LogP contribution is -2.58. The molecule has 0 aromatic rings. The molecule has 0 spiro atoms. The monoisotopic (exact) mass is 273 g/mol. The average Bonchev–Trinajstić information content (AvgIpc) is 2.35. The zero-order valence-electron chi connectivity index (χ0n) is 11.0. The number of carbonyl (C=O) groups excluding carboxylic acids is 2. The lowest BCUT2D eigenvalue weighted by Gasteiger charge is -2.34. The van der Waals surface area contributed by atoms with Crippen molar-refractivity contribution < 1.29 is 24.2 Å². The van der Waals surface area contributed by atoms with Crippen molar-refractivity contribution in [2.24, 2.45) is 11.1 Å². The van der Waals surface area contributed by atoms with Crippen LogP contribution in [0.5, 0.6) is 0 Å². The summed E-state index contributed by atoms with van der Waals surface area (Å²) in [5.41, 5.74) is 4.11. The molecule has 8 nitrogen and oxygen atoms in total. The van der Waals surface area contributed by atoms with Crippen molar-refractivity contribution in [3.8, 4) is 0 Å². The minimum Gasteiger partial charge on any atom is -0.481 e. The van der Waals surface area contributed by atoms with Gasteiger partial charge in [0.15, 0.2) is 0 Å². The van der Waals surface area contributed by atoms with Gasteiger partial charge in [-0.3, -0.25) is 9.59 Å². The van der Waals surface area contributed by atoms with E-state index in [0.29, 0.717) is 6.61 Å². The maximum atomic E-state index is 11.9. The van der Waals surface area contributed by atoms with E-state index in [0.717, 1.165) is 0 Å². The first-order chi connectivity index (χ1) is 8.75. The van der Waals surface area contributed by atoms with Crippen LogP contribution in [0.2, 0.25) is 0 Å². The average molecular weight is 273 g/mol. The van der Waals surface area contributed by atoms with Gasteiger partial charge in [-0.1, -0.05) is 0 Å². The van der Waals surface area contributed by atoms with Gasteiger partial charge >= 0.3 is 12.0 Å². The van der Waals surface area contributed by atoms with Crippen molar-refractivity contribution in [1.29, 1.82) is 0 Å². The van der Waals surface area contributed by atoms with E-state index in [9.17, 15) is 14.4 Å². The fourth-order valence-corrected chi connectivity index (χ4v) is 1.56. The van der Waals surface area contributed by atoms with Crippen LogP contribution in [0.15, 0.2) is 0 Å². The van der Waals surface area contributed by atoms with Crippen molar-refractivity contribution in [2.45, 2.75) is 19.9 Å². The second-order valence-corrected chi connectivity index (χ2v) is 5.03. The van der Waals surface area contributed by atoms with E-state index in [-0.39, 0.29) is 19.7 Å². The molecular weight excluding hydrogens is 254 g/mol. The number of urea groups is 1. The Hall–Kier alpha value is -1.83. The maximum Gasteiger partial charge on any atom is 0.318 e. The van der Waals surface area contributed by atoms with Crippen molar-refractivity contribution >= 4 is 17.9 Å². The third-order valence-electron chi connectivity index (χ3n) is 2.98. The van der Waals surface area contributed by atoms with Crippen molar-refractivity contribution in [3.05, 3.63) is 0 Å². The van der Waals surface area contributed by atoms with Crippen LogP contribution in [-0.4, -0.2) is 60.3 Å². The quantitative estimate of drug-likeness (QED) is 0.606. The SMILES string of the molecule is CC(C)(CNC(=O)N1CCOCC1C(N)=O)C(=O)O. The van der Waals surface area contributed by atoms with Gasteiger partial charge in [0.2, 0.25) is 5.91 Å². The molecule has 4 N–H and O–H groups in total. The number of carboxylic acids is 1. The Morgan fingerprint density at radius 1 is 1.47 bits per heavy atom. The minimum absolute atomic E-state index is 0.0377. The molecule has 1 heterocycles. The zero-order chi connectivity index (χ0) is 14.6. The van der Waals surface area contributed by atoms with Gasteiger partial charge in [-0.15, -0.1) is 0 Å². The van der Waals surface area contributed by atoms with E-state index in [2.05, 4.69) is 5.32 Å². The summed E-state index contributed by atoms with van der Waals surface area (Å²) in [4.78, 5) is 35.3. The first kappa shape index (κ1) is 15.2. The van der Waals surface area contributed by atoms with Crippen LogP contribution in [0.25, 0.3) is 0 Å². The molecule has 0 bridgehead atoms. The molecule has 1 saturated heterocycles. The zero-order valence-corrected chi connectivity index (χ0v) is 11.0. The van der Waals surface area contributed by atoms with E-state index in [4.69, 9.17) is 15.6 Å². The van der Waals surface area contributed by atoms with Gasteiger partial charge < -0.3 is 25.8 Å². The number of rotatable bonds is 4. The lowest BCUT2D eigenvalue weighted by molar-refractivity contribution is -0.146. The number of nitrogens with two attached hydrogens (primary N) is 1. The van der Waals surface area contributed by atoms with Crippen LogP contribution in [0.3, 0.4) is 0 Å². The molecule has 1 aliphatic rings. The number of carboxylic acid groups (broad SMARTS) is 1. The summed E-state index contributed by atoms with van der Waals surface area (Å²) in [6.45, 7) is 3.59. The summed E-state index contributed by atoms with van der Waals surface area (Å²) in [6.07, 6.45) is 0. The number of primary amides is 1. The normalized spacial score (nSPS) is 19.9. The first-order valence-electron chi connectivity index (χ1n) is 5.90. The summed E-state index contributed by atoms with van der Waals surface area (Å²) >= 11 is 0. The summed E-state index contributed by atoms with van der Waals surface area (Å²) in [6, 6.07) is -1.33. The summed E-state index contributed by atoms with van der Waals surface area (Å²) in [5.74, 6) is -1.66. The Morgan fingerprint density at radius 2 is 2.11 bits per heavy atom. The highest BCUT2D eigenvalue weighted by atomic mass is 16.5. The third-order valence-corrected chi connectivity index (χ3v) is 2.98. The first-order valence-corrected chi connectivity index (χ1v) is 5.90. The molecule has 1 unspecified atom stereocenters. The summed E-state index contributed by atoms with van der Waals surface area (Å²) in [5, 5.41) is 11.4. The largest absolute Gasteiger partial charge is 0.481 e. The highest BCUT2D eigenvalue weighted by molar-refractivity contribution is 5.86. The van der Waals surface area contributed by atoms with Crippen LogP contribution >= 0.6 is 0 Å². The van der Waals surface area contributed by atoms with Gasteiger partial charge in [-0.25, -0.2) is 4.79 Å². The van der Waals surface area contributed by atoms with Gasteiger partial charge in [0.25, 0.3) is 0 Å². The molecule has 1 rings (SSSR count). The van der Waals surface area contributed by atoms with Crippen LogP contribution in [0.1, 0.15) is 13.8 Å². The van der Waals surface area contributed by atoms with Crippen molar-refractivity contribution in [2.75, 3.05) is 26.3 Å². The number of hydrogen-bond acceptors (Lipinski definition) is 4. The van der Waals surface area contributed by atoms with Crippen molar-refractivity contribution in [1.82, 2.24) is 10.2 Å². The molecule has 0 aliphatic carbocycles.